The van der Waals surface area contributed by atoms with E-state index in [1.54, 1.807) is 13.3 Å². The first-order valence-electron chi connectivity index (χ1n) is 9.90. The summed E-state index contributed by atoms with van der Waals surface area (Å²) in [6, 6.07) is 7.52. The highest BCUT2D eigenvalue weighted by Crippen LogP contribution is 2.37. The second-order valence-corrected chi connectivity index (χ2v) is 8.80. The molecule has 0 bridgehead atoms. The third-order valence-corrected chi connectivity index (χ3v) is 7.05. The molecule has 3 aromatic rings. The predicted molar refractivity (Wildman–Crippen MR) is 119 cm³/mol. The van der Waals surface area contributed by atoms with E-state index in [-0.39, 0.29) is 0 Å². The number of halogens is 1. The van der Waals surface area contributed by atoms with Gasteiger partial charge in [0.05, 0.1) is 17.6 Å². The molecule has 0 unspecified atom stereocenters. The predicted octanol–water partition coefficient (Wildman–Crippen LogP) is 4.09. The van der Waals surface area contributed by atoms with E-state index in [4.69, 9.17) is 27.1 Å². The van der Waals surface area contributed by atoms with Gasteiger partial charge in [0.2, 0.25) is 6.41 Å². The quantitative estimate of drug-likeness (QED) is 0.551. The molecule has 1 aliphatic rings. The van der Waals surface area contributed by atoms with E-state index >= 15 is 0 Å². The fraction of sp³-hybridized carbons (Fsp3) is 0.381. The van der Waals surface area contributed by atoms with Crippen molar-refractivity contribution < 1.29 is 9.53 Å². The first-order valence-corrected chi connectivity index (χ1v) is 11.1. The average Bonchev–Trinajstić information content (AvgIpc) is 3.12. The van der Waals surface area contributed by atoms with E-state index in [0.29, 0.717) is 22.3 Å². The van der Waals surface area contributed by atoms with Crippen molar-refractivity contribution >= 4 is 46.6 Å². The molecule has 7 nitrogen and oxygen atoms in total. The van der Waals surface area contributed by atoms with Gasteiger partial charge in [0.25, 0.3) is 0 Å². The number of amides is 1. The second-order valence-electron chi connectivity index (χ2n) is 7.38. The summed E-state index contributed by atoms with van der Waals surface area (Å²) in [4.78, 5) is 22.6. The Kier molecular flexibility index (Phi) is 6.34. The minimum Gasteiger partial charge on any atom is -0.497 e. The topological polar surface area (TPSA) is 86.3 Å². The van der Waals surface area contributed by atoms with Gasteiger partial charge < -0.3 is 19.9 Å². The summed E-state index contributed by atoms with van der Waals surface area (Å²) in [6.45, 7) is 2.48. The monoisotopic (exact) mass is 445 g/mol. The Morgan fingerprint density at radius 3 is 2.87 bits per heavy atom. The molecule has 1 amide bonds. The number of rotatable bonds is 7. The summed E-state index contributed by atoms with van der Waals surface area (Å²) in [5.41, 5.74) is 7.77. The Hall–Kier alpha value is -2.45. The van der Waals surface area contributed by atoms with Crippen molar-refractivity contribution in [2.45, 2.75) is 35.9 Å². The Morgan fingerprint density at radius 2 is 2.13 bits per heavy atom. The summed E-state index contributed by atoms with van der Waals surface area (Å²) in [5, 5.41) is 1.47. The van der Waals surface area contributed by atoms with Crippen molar-refractivity contribution in [2.75, 3.05) is 25.9 Å². The number of fused-ring (bicyclic) bond motifs is 1. The van der Waals surface area contributed by atoms with Crippen LogP contribution in [-0.4, -0.2) is 46.0 Å². The van der Waals surface area contributed by atoms with Crippen molar-refractivity contribution in [3.8, 4) is 5.75 Å². The molecule has 4 rings (SSSR count). The number of ether oxygens (including phenoxy) is 1. The number of aryl methyl sites for hydroxylation is 1. The number of carbonyl (C=O) groups is 1. The Bertz CT molecular complexity index is 1050. The largest absolute Gasteiger partial charge is 0.497 e. The number of hydrogen-bond acceptors (Lipinski definition) is 6. The van der Waals surface area contributed by atoms with Gasteiger partial charge in [0.15, 0.2) is 11.0 Å². The first-order chi connectivity index (χ1) is 14.6. The van der Waals surface area contributed by atoms with E-state index < -0.39 is 0 Å². The average molecular weight is 446 g/mol. The molecule has 1 fully saturated rings. The summed E-state index contributed by atoms with van der Waals surface area (Å²) in [6.07, 6.45) is 5.73. The molecule has 2 N–H and O–H groups in total. The van der Waals surface area contributed by atoms with Crippen LogP contribution in [0.1, 0.15) is 19.3 Å². The molecule has 9 heteroatoms. The highest BCUT2D eigenvalue weighted by atomic mass is 35.5. The molecular formula is C21H24ClN5O2S. The van der Waals surface area contributed by atoms with Crippen molar-refractivity contribution in [3.63, 3.8) is 0 Å². The second kappa shape index (κ2) is 9.14. The lowest BCUT2D eigenvalue weighted by molar-refractivity contribution is -0.119. The zero-order valence-electron chi connectivity index (χ0n) is 16.8. The highest BCUT2D eigenvalue weighted by molar-refractivity contribution is 7.99. The molecule has 30 heavy (non-hydrogen) atoms. The maximum Gasteiger partial charge on any atom is 0.209 e. The van der Waals surface area contributed by atoms with Crippen LogP contribution < -0.4 is 10.5 Å². The lowest BCUT2D eigenvalue weighted by atomic mass is 9.94. The maximum absolute atomic E-state index is 11.0. The summed E-state index contributed by atoms with van der Waals surface area (Å²) < 4.78 is 7.54. The summed E-state index contributed by atoms with van der Waals surface area (Å²) in [5.74, 6) is 1.74. The molecule has 0 saturated carbocycles. The van der Waals surface area contributed by atoms with Crippen LogP contribution in [0.2, 0.25) is 5.02 Å². The van der Waals surface area contributed by atoms with E-state index in [1.807, 2.05) is 29.2 Å². The standard InChI is InChI=1S/C21H24ClN5O2S/c1-29-15-2-3-16(22)18(12-15)30-21-25-19-17(4-8-24-20(19)23)27(21)11-7-14-5-9-26(13-28)10-6-14/h2-4,8,12-14H,5-7,9-11H2,1H3,(H2,23,24). The number of nitrogens with zero attached hydrogens (tertiary/aromatic N) is 4. The summed E-state index contributed by atoms with van der Waals surface area (Å²) >= 11 is 7.93. The van der Waals surface area contributed by atoms with Crippen LogP contribution in [0, 0.1) is 5.92 Å². The van der Waals surface area contributed by atoms with Gasteiger partial charge in [0, 0.05) is 30.7 Å². The molecule has 1 saturated heterocycles. The van der Waals surface area contributed by atoms with E-state index in [1.165, 1.54) is 11.8 Å². The van der Waals surface area contributed by atoms with Crippen LogP contribution in [0.25, 0.3) is 11.0 Å². The number of carbonyl (C=O) groups excluding carboxylic acids is 1. The first kappa shape index (κ1) is 20.8. The van der Waals surface area contributed by atoms with Gasteiger partial charge in [-0.3, -0.25) is 4.79 Å². The molecule has 1 aliphatic heterocycles. The van der Waals surface area contributed by atoms with Gasteiger partial charge in [-0.1, -0.05) is 11.6 Å². The zero-order valence-corrected chi connectivity index (χ0v) is 18.3. The fourth-order valence-electron chi connectivity index (χ4n) is 3.79. The maximum atomic E-state index is 11.0. The zero-order chi connectivity index (χ0) is 21.1. The number of nitrogens with two attached hydrogens (primary N) is 1. The minimum absolute atomic E-state index is 0.420. The number of hydrogen-bond donors (Lipinski definition) is 1. The number of aromatic nitrogens is 3. The van der Waals surface area contributed by atoms with Crippen LogP contribution in [0.5, 0.6) is 5.75 Å². The number of anilines is 1. The minimum atomic E-state index is 0.420. The highest BCUT2D eigenvalue weighted by Gasteiger charge is 2.21. The van der Waals surface area contributed by atoms with Crippen LogP contribution in [0.4, 0.5) is 5.82 Å². The summed E-state index contributed by atoms with van der Waals surface area (Å²) in [7, 11) is 1.63. The molecule has 0 aliphatic carbocycles. The third kappa shape index (κ3) is 4.34. The third-order valence-electron chi connectivity index (χ3n) is 5.56. The van der Waals surface area contributed by atoms with Gasteiger partial charge >= 0.3 is 0 Å². The number of pyridine rings is 1. The molecule has 0 radical (unpaired) electrons. The molecular weight excluding hydrogens is 422 g/mol. The normalized spacial score (nSPS) is 14.9. The number of imidazole rings is 1. The number of likely N-dealkylation sites (tertiary alicyclic amines) is 1. The van der Waals surface area contributed by atoms with Crippen LogP contribution in [0.15, 0.2) is 40.5 Å². The molecule has 0 spiro atoms. The molecule has 0 atom stereocenters. The van der Waals surface area contributed by atoms with Crippen molar-refractivity contribution in [1.82, 2.24) is 19.4 Å². The van der Waals surface area contributed by atoms with Crippen molar-refractivity contribution in [3.05, 3.63) is 35.5 Å². The van der Waals surface area contributed by atoms with Crippen LogP contribution >= 0.6 is 23.4 Å². The van der Waals surface area contributed by atoms with Gasteiger partial charge in [-0.05, 0) is 61.2 Å². The lowest BCUT2D eigenvalue weighted by Gasteiger charge is -2.29. The Balaban J connectivity index is 1.61. The SMILES string of the molecule is COc1ccc(Cl)c(Sc2nc3c(N)nccc3n2CCC2CCN(C=O)CC2)c1. The molecule has 1 aromatic carbocycles. The molecule has 158 valence electrons. The molecule has 3 heterocycles. The van der Waals surface area contributed by atoms with E-state index in [0.717, 1.165) is 66.6 Å². The van der Waals surface area contributed by atoms with Gasteiger partial charge in [-0.25, -0.2) is 9.97 Å². The van der Waals surface area contributed by atoms with Crippen molar-refractivity contribution in [1.29, 1.82) is 0 Å². The number of nitrogen functional groups attached to an aromatic ring is 1. The van der Waals surface area contributed by atoms with Gasteiger partial charge in [-0.2, -0.15) is 0 Å². The Morgan fingerprint density at radius 1 is 1.33 bits per heavy atom. The van der Waals surface area contributed by atoms with Crippen molar-refractivity contribution in [2.24, 2.45) is 5.92 Å². The van der Waals surface area contributed by atoms with Crippen LogP contribution in [0.3, 0.4) is 0 Å². The number of methoxy groups -OCH3 is 1. The lowest BCUT2D eigenvalue weighted by Crippen LogP contribution is -2.32. The van der Waals surface area contributed by atoms with Gasteiger partial charge in [-0.15, -0.1) is 0 Å². The van der Waals surface area contributed by atoms with Gasteiger partial charge in [0.1, 0.15) is 11.3 Å². The molecule has 2 aromatic heterocycles. The van der Waals surface area contributed by atoms with E-state index in [2.05, 4.69) is 9.55 Å². The number of benzene rings is 1. The fourth-order valence-corrected chi connectivity index (χ4v) is 5.00. The van der Waals surface area contributed by atoms with Crippen LogP contribution in [-0.2, 0) is 11.3 Å². The van der Waals surface area contributed by atoms with E-state index in [9.17, 15) is 4.79 Å². The smallest absolute Gasteiger partial charge is 0.209 e. The number of piperidine rings is 1. The Labute approximate surface area is 184 Å².